The molecule has 6 nitrogen and oxygen atoms in total. The van der Waals surface area contributed by atoms with Crippen LogP contribution in [0.15, 0.2) is 52.7 Å². The van der Waals surface area contributed by atoms with Gasteiger partial charge >= 0.3 is 5.97 Å². The van der Waals surface area contributed by atoms with Crippen molar-refractivity contribution in [1.29, 1.82) is 0 Å². The van der Waals surface area contributed by atoms with Gasteiger partial charge in [0.2, 0.25) is 5.13 Å². The Morgan fingerprint density at radius 3 is 2.24 bits per heavy atom. The van der Waals surface area contributed by atoms with Gasteiger partial charge in [0.05, 0.1) is 22.5 Å². The average Bonchev–Trinajstić information content (AvgIpc) is 3.25. The van der Waals surface area contributed by atoms with Crippen molar-refractivity contribution in [3.05, 3.63) is 42.5 Å². The van der Waals surface area contributed by atoms with Gasteiger partial charge in [-0.3, -0.25) is 4.79 Å². The predicted octanol–water partition coefficient (Wildman–Crippen LogP) is 8.94. The van der Waals surface area contributed by atoms with Crippen LogP contribution in [0.1, 0.15) is 78.1 Å². The van der Waals surface area contributed by atoms with Gasteiger partial charge in [0.25, 0.3) is 0 Å². The Kier molecular flexibility index (Phi) is 11.0. The van der Waals surface area contributed by atoms with Crippen LogP contribution in [0.25, 0.3) is 10.2 Å². The first kappa shape index (κ1) is 25.8. The third-order valence-electron chi connectivity index (χ3n) is 5.46. The Morgan fingerprint density at radius 2 is 1.53 bits per heavy atom. The van der Waals surface area contributed by atoms with E-state index >= 15 is 0 Å². The van der Waals surface area contributed by atoms with Crippen LogP contribution in [0.3, 0.4) is 0 Å². The van der Waals surface area contributed by atoms with Crippen LogP contribution >= 0.6 is 11.3 Å². The zero-order valence-corrected chi connectivity index (χ0v) is 21.1. The lowest BCUT2D eigenvalue weighted by Crippen LogP contribution is -2.07. The van der Waals surface area contributed by atoms with Gasteiger partial charge in [-0.2, -0.15) is 0 Å². The Hall–Kier alpha value is -2.80. The quantitative estimate of drug-likeness (QED) is 0.0939. The summed E-state index contributed by atoms with van der Waals surface area (Å²) in [5.74, 6) is 1.17. The molecule has 0 amide bonds. The lowest BCUT2D eigenvalue weighted by atomic mass is 10.1. The molecule has 182 valence electrons. The Labute approximate surface area is 206 Å². The predicted molar refractivity (Wildman–Crippen MR) is 139 cm³/mol. The minimum Gasteiger partial charge on any atom is -0.494 e. The van der Waals surface area contributed by atoms with Crippen molar-refractivity contribution >= 4 is 38.3 Å². The molecule has 0 saturated carbocycles. The molecule has 0 fully saturated rings. The lowest BCUT2D eigenvalue weighted by molar-refractivity contribution is -0.134. The van der Waals surface area contributed by atoms with E-state index in [4.69, 9.17) is 9.47 Å². The van der Waals surface area contributed by atoms with Crippen molar-refractivity contribution in [2.45, 2.75) is 78.1 Å². The molecule has 7 heteroatoms. The number of hydrogen-bond donors (Lipinski definition) is 0. The first-order valence-corrected chi connectivity index (χ1v) is 13.3. The number of rotatable bonds is 15. The van der Waals surface area contributed by atoms with Crippen molar-refractivity contribution in [3.8, 4) is 11.5 Å². The summed E-state index contributed by atoms with van der Waals surface area (Å²) in [4.78, 5) is 16.6. The highest BCUT2D eigenvalue weighted by Gasteiger charge is 2.06. The second kappa shape index (κ2) is 14.5. The van der Waals surface area contributed by atoms with E-state index in [0.717, 1.165) is 28.8 Å². The summed E-state index contributed by atoms with van der Waals surface area (Å²) in [5, 5.41) is 9.09. The number of esters is 1. The standard InChI is InChI=1S/C27H35N3O3S/c1-3-5-6-7-8-9-10-11-12-13-26(31)33-22-16-14-21(15-17-22)29-30-27-28-24-19-18-23(32-4-2)20-25(24)34-27/h14-20H,3-13H2,1-2H3. The zero-order valence-electron chi connectivity index (χ0n) is 20.3. The van der Waals surface area contributed by atoms with E-state index in [9.17, 15) is 4.79 Å². The average molecular weight is 482 g/mol. The van der Waals surface area contributed by atoms with Gasteiger partial charge in [0, 0.05) is 6.42 Å². The molecule has 1 aromatic heterocycles. The van der Waals surface area contributed by atoms with Crippen LogP contribution in [0, 0.1) is 0 Å². The van der Waals surface area contributed by atoms with Crippen molar-refractivity contribution < 1.29 is 14.3 Å². The number of unbranched alkanes of at least 4 members (excludes halogenated alkanes) is 8. The molecule has 0 aliphatic carbocycles. The number of carbonyl (C=O) groups excluding carboxylic acids is 1. The third-order valence-corrected chi connectivity index (χ3v) is 6.37. The van der Waals surface area contributed by atoms with E-state index in [1.807, 2.05) is 25.1 Å². The maximum Gasteiger partial charge on any atom is 0.311 e. The summed E-state index contributed by atoms with van der Waals surface area (Å²) >= 11 is 1.46. The number of aromatic nitrogens is 1. The molecule has 0 atom stereocenters. The molecule has 0 N–H and O–H groups in total. The van der Waals surface area contributed by atoms with Gasteiger partial charge in [-0.05, 0) is 55.8 Å². The second-order valence-corrected chi connectivity index (χ2v) is 9.31. The van der Waals surface area contributed by atoms with E-state index in [1.165, 1.54) is 56.3 Å². The Morgan fingerprint density at radius 1 is 0.853 bits per heavy atom. The van der Waals surface area contributed by atoms with Crippen LogP contribution in [-0.4, -0.2) is 17.6 Å². The number of benzene rings is 2. The number of thiazole rings is 1. The largest absolute Gasteiger partial charge is 0.494 e. The van der Waals surface area contributed by atoms with Gasteiger partial charge < -0.3 is 9.47 Å². The molecule has 0 bridgehead atoms. The highest BCUT2D eigenvalue weighted by molar-refractivity contribution is 7.21. The van der Waals surface area contributed by atoms with Crippen molar-refractivity contribution in [3.63, 3.8) is 0 Å². The highest BCUT2D eigenvalue weighted by Crippen LogP contribution is 2.32. The molecular weight excluding hydrogens is 446 g/mol. The number of nitrogens with zero attached hydrogens (tertiary/aromatic N) is 3. The van der Waals surface area contributed by atoms with Crippen LogP contribution in [0.5, 0.6) is 11.5 Å². The number of fused-ring (bicyclic) bond motifs is 1. The number of carbonyl (C=O) groups is 1. The number of ether oxygens (including phenoxy) is 2. The van der Waals surface area contributed by atoms with Gasteiger partial charge in [0.15, 0.2) is 0 Å². The van der Waals surface area contributed by atoms with Crippen LogP contribution in [-0.2, 0) is 4.79 Å². The second-order valence-electron chi connectivity index (χ2n) is 8.31. The van der Waals surface area contributed by atoms with Crippen LogP contribution in [0.2, 0.25) is 0 Å². The summed E-state index contributed by atoms with van der Waals surface area (Å²) in [5.41, 5.74) is 1.55. The number of hydrogen-bond acceptors (Lipinski definition) is 7. The van der Waals surface area contributed by atoms with Crippen molar-refractivity contribution in [2.75, 3.05) is 6.61 Å². The lowest BCUT2D eigenvalue weighted by Gasteiger charge is -2.05. The molecule has 0 spiro atoms. The van der Waals surface area contributed by atoms with Crippen LogP contribution in [0.4, 0.5) is 10.8 Å². The molecule has 0 aliphatic heterocycles. The molecule has 1 heterocycles. The molecular formula is C27H35N3O3S. The SMILES string of the molecule is CCCCCCCCCCCC(=O)Oc1ccc(N=Nc2nc3ccc(OCC)cc3s2)cc1. The summed E-state index contributed by atoms with van der Waals surface area (Å²) in [6.45, 7) is 4.82. The third kappa shape index (κ3) is 8.86. The summed E-state index contributed by atoms with van der Waals surface area (Å²) in [6.07, 6.45) is 11.5. The Balaban J connectivity index is 1.38. The molecule has 3 aromatic rings. The summed E-state index contributed by atoms with van der Waals surface area (Å²) in [7, 11) is 0. The van der Waals surface area contributed by atoms with E-state index in [-0.39, 0.29) is 5.97 Å². The van der Waals surface area contributed by atoms with Gasteiger partial charge in [-0.25, -0.2) is 4.98 Å². The molecule has 0 unspecified atom stereocenters. The van der Waals surface area contributed by atoms with Crippen molar-refractivity contribution in [1.82, 2.24) is 4.98 Å². The fourth-order valence-corrected chi connectivity index (χ4v) is 4.45. The van der Waals surface area contributed by atoms with E-state index in [2.05, 4.69) is 22.1 Å². The molecule has 0 radical (unpaired) electrons. The first-order valence-electron chi connectivity index (χ1n) is 12.4. The smallest absolute Gasteiger partial charge is 0.311 e. The van der Waals surface area contributed by atoms with Gasteiger partial charge in [-0.15, -0.1) is 10.2 Å². The van der Waals surface area contributed by atoms with Gasteiger partial charge in [-0.1, -0.05) is 69.6 Å². The minimum absolute atomic E-state index is 0.182. The summed E-state index contributed by atoms with van der Waals surface area (Å²) in [6, 6.07) is 12.9. The number of azo groups is 1. The van der Waals surface area contributed by atoms with Crippen LogP contribution < -0.4 is 9.47 Å². The highest BCUT2D eigenvalue weighted by atomic mass is 32.1. The normalized spacial score (nSPS) is 11.4. The summed E-state index contributed by atoms with van der Waals surface area (Å²) < 4.78 is 12.0. The molecule has 2 aromatic carbocycles. The van der Waals surface area contributed by atoms with Crippen molar-refractivity contribution in [2.24, 2.45) is 10.2 Å². The van der Waals surface area contributed by atoms with Gasteiger partial charge in [0.1, 0.15) is 11.5 Å². The topological polar surface area (TPSA) is 73.1 Å². The van der Waals surface area contributed by atoms with E-state index in [0.29, 0.717) is 29.6 Å². The molecule has 34 heavy (non-hydrogen) atoms. The molecule has 0 aliphatic rings. The molecule has 3 rings (SSSR count). The fourth-order valence-electron chi connectivity index (χ4n) is 3.64. The minimum atomic E-state index is -0.182. The van der Waals surface area contributed by atoms with E-state index < -0.39 is 0 Å². The maximum atomic E-state index is 12.1. The zero-order chi connectivity index (χ0) is 24.0. The maximum absolute atomic E-state index is 12.1. The molecule has 0 saturated heterocycles. The van der Waals surface area contributed by atoms with E-state index in [1.54, 1.807) is 24.3 Å². The Bertz CT molecular complexity index is 1050. The fraction of sp³-hybridized carbons (Fsp3) is 0.481. The monoisotopic (exact) mass is 481 g/mol. The first-order chi connectivity index (χ1) is 16.7.